The van der Waals surface area contributed by atoms with Gasteiger partial charge in [-0.05, 0) is 31.5 Å². The summed E-state index contributed by atoms with van der Waals surface area (Å²) in [5.41, 5.74) is 8.40. The molecule has 4 N–H and O–H groups in total. The minimum atomic E-state index is 0.0339. The smallest absolute Gasteiger partial charge is 0.0579 e. The second-order valence-electron chi connectivity index (χ2n) is 4.47. The molecule has 0 aliphatic carbocycles. The van der Waals surface area contributed by atoms with Crippen LogP contribution in [-0.2, 0) is 0 Å². The first-order valence-electron chi connectivity index (χ1n) is 6.11. The van der Waals surface area contributed by atoms with Gasteiger partial charge in [0.2, 0.25) is 0 Å². The highest BCUT2D eigenvalue weighted by atomic mass is 15.0. The first-order chi connectivity index (χ1) is 8.17. The van der Waals surface area contributed by atoms with Gasteiger partial charge in [0.15, 0.2) is 0 Å². The Labute approximate surface area is 104 Å². The van der Waals surface area contributed by atoms with Crippen LogP contribution in [0, 0.1) is 5.92 Å². The summed E-state index contributed by atoms with van der Waals surface area (Å²) in [6.07, 6.45) is 7.22. The Morgan fingerprint density at radius 2 is 2.29 bits per heavy atom. The Kier molecular flexibility index (Phi) is 6.11. The maximum atomic E-state index is 5.85. The number of nitrogens with two attached hydrogens (primary N) is 1. The lowest BCUT2D eigenvalue weighted by molar-refractivity contribution is 0.403. The third kappa shape index (κ3) is 4.81. The topological polar surface area (TPSA) is 62.4 Å². The van der Waals surface area contributed by atoms with Crippen LogP contribution in [0.3, 0.4) is 0 Å². The lowest BCUT2D eigenvalue weighted by atomic mass is 9.91. The highest BCUT2D eigenvalue weighted by molar-refractivity contribution is 5.78. The average molecular weight is 236 g/mol. The van der Waals surface area contributed by atoms with Crippen LogP contribution in [0.15, 0.2) is 28.3 Å². The maximum Gasteiger partial charge on any atom is 0.0579 e. The van der Waals surface area contributed by atoms with Crippen LogP contribution in [0.1, 0.15) is 13.3 Å². The number of nitrogens with one attached hydrogen (secondary N) is 2. The third-order valence-corrected chi connectivity index (χ3v) is 2.96. The number of nitrogens with zero attached hydrogens (tertiary/aromatic N) is 1. The standard InChI is InChI=1S/C13H24N4/c1-10(7-15-2)6-11(12-8-17-9-12)4-5-13(14)16-3/h4,6-7,12-13,16-17H,5,8-9,14H2,1-3H3/b10-6+,11-4+,15-7-. The van der Waals surface area contributed by atoms with Gasteiger partial charge in [-0.25, -0.2) is 0 Å². The van der Waals surface area contributed by atoms with E-state index in [0.29, 0.717) is 5.92 Å². The van der Waals surface area contributed by atoms with Gasteiger partial charge in [0.1, 0.15) is 0 Å². The van der Waals surface area contributed by atoms with Gasteiger partial charge in [-0.2, -0.15) is 0 Å². The summed E-state index contributed by atoms with van der Waals surface area (Å²) in [4.78, 5) is 4.03. The Morgan fingerprint density at radius 1 is 1.59 bits per heavy atom. The molecule has 0 amide bonds. The van der Waals surface area contributed by atoms with E-state index in [4.69, 9.17) is 5.73 Å². The molecular formula is C13H24N4. The molecule has 96 valence electrons. The zero-order valence-corrected chi connectivity index (χ0v) is 11.0. The van der Waals surface area contributed by atoms with E-state index in [1.807, 2.05) is 13.3 Å². The number of aliphatic imine (C=N–C) groups is 1. The van der Waals surface area contributed by atoms with Crippen molar-refractivity contribution in [1.82, 2.24) is 10.6 Å². The van der Waals surface area contributed by atoms with E-state index in [2.05, 4.69) is 34.7 Å². The lowest BCUT2D eigenvalue weighted by Gasteiger charge is -2.29. The Hall–Kier alpha value is -0.970. The molecule has 1 aliphatic rings. The van der Waals surface area contributed by atoms with Crippen molar-refractivity contribution >= 4 is 6.21 Å². The van der Waals surface area contributed by atoms with Crippen LogP contribution >= 0.6 is 0 Å². The molecule has 0 aromatic carbocycles. The largest absolute Gasteiger partial charge is 0.316 e. The van der Waals surface area contributed by atoms with Gasteiger partial charge in [-0.1, -0.05) is 12.2 Å². The lowest BCUT2D eigenvalue weighted by Crippen LogP contribution is -2.43. The second kappa shape index (κ2) is 7.37. The summed E-state index contributed by atoms with van der Waals surface area (Å²) in [6, 6.07) is 0. The molecule has 1 atom stereocenters. The van der Waals surface area contributed by atoms with Crippen molar-refractivity contribution in [3.63, 3.8) is 0 Å². The van der Waals surface area contributed by atoms with Crippen molar-refractivity contribution in [3.8, 4) is 0 Å². The fourth-order valence-corrected chi connectivity index (χ4v) is 1.75. The number of hydrogen-bond donors (Lipinski definition) is 3. The minimum absolute atomic E-state index is 0.0339. The summed E-state index contributed by atoms with van der Waals surface area (Å²) in [5.74, 6) is 0.624. The summed E-state index contributed by atoms with van der Waals surface area (Å²) in [6.45, 7) is 4.20. The van der Waals surface area contributed by atoms with Crippen molar-refractivity contribution in [3.05, 3.63) is 23.3 Å². The SMILES string of the molecule is C\N=C/C(C)=C/C(=C\CC(N)NC)C1CNC1. The normalized spacial score (nSPS) is 20.7. The predicted molar refractivity (Wildman–Crippen MR) is 74.3 cm³/mol. The van der Waals surface area contributed by atoms with Crippen LogP contribution in [0.2, 0.25) is 0 Å². The highest BCUT2D eigenvalue weighted by Gasteiger charge is 2.19. The molecule has 4 heteroatoms. The van der Waals surface area contributed by atoms with Gasteiger partial charge in [0, 0.05) is 32.3 Å². The zero-order chi connectivity index (χ0) is 12.7. The minimum Gasteiger partial charge on any atom is -0.316 e. The fraction of sp³-hybridized carbons (Fsp3) is 0.615. The van der Waals surface area contributed by atoms with Crippen molar-refractivity contribution < 1.29 is 0 Å². The first kappa shape index (κ1) is 14.1. The Balaban J connectivity index is 2.69. The average Bonchev–Trinajstić information content (AvgIpc) is 2.23. The van der Waals surface area contributed by atoms with Crippen molar-refractivity contribution in [2.45, 2.75) is 19.5 Å². The van der Waals surface area contributed by atoms with E-state index >= 15 is 0 Å². The molecule has 0 radical (unpaired) electrons. The molecule has 1 unspecified atom stereocenters. The van der Waals surface area contributed by atoms with Crippen molar-refractivity contribution in [2.75, 3.05) is 27.2 Å². The molecule has 0 bridgehead atoms. The molecule has 0 spiro atoms. The Bertz CT molecular complexity index is 313. The summed E-state index contributed by atoms with van der Waals surface area (Å²) < 4.78 is 0. The van der Waals surface area contributed by atoms with Crippen LogP contribution in [0.25, 0.3) is 0 Å². The van der Waals surface area contributed by atoms with Crippen molar-refractivity contribution in [1.29, 1.82) is 0 Å². The monoisotopic (exact) mass is 236 g/mol. The van der Waals surface area contributed by atoms with Crippen LogP contribution in [0.5, 0.6) is 0 Å². The molecule has 0 aromatic rings. The van der Waals surface area contributed by atoms with E-state index < -0.39 is 0 Å². The molecule has 0 aromatic heterocycles. The highest BCUT2D eigenvalue weighted by Crippen LogP contribution is 2.19. The molecule has 0 saturated carbocycles. The van der Waals surface area contributed by atoms with Gasteiger partial charge < -0.3 is 16.4 Å². The number of hydrogen-bond acceptors (Lipinski definition) is 4. The summed E-state index contributed by atoms with van der Waals surface area (Å²) >= 11 is 0. The molecule has 1 saturated heterocycles. The van der Waals surface area contributed by atoms with Gasteiger partial charge in [-0.3, -0.25) is 4.99 Å². The Morgan fingerprint density at radius 3 is 2.76 bits per heavy atom. The number of rotatable bonds is 6. The van der Waals surface area contributed by atoms with Gasteiger partial charge >= 0.3 is 0 Å². The fourth-order valence-electron chi connectivity index (χ4n) is 1.75. The molecular weight excluding hydrogens is 212 g/mol. The molecule has 1 aliphatic heterocycles. The molecule has 1 rings (SSSR count). The molecule has 1 heterocycles. The zero-order valence-electron chi connectivity index (χ0n) is 11.0. The molecule has 1 fully saturated rings. The summed E-state index contributed by atoms with van der Waals surface area (Å²) in [7, 11) is 3.68. The van der Waals surface area contributed by atoms with Crippen LogP contribution in [-0.4, -0.2) is 39.6 Å². The second-order valence-corrected chi connectivity index (χ2v) is 4.47. The van der Waals surface area contributed by atoms with E-state index in [1.165, 1.54) is 11.1 Å². The summed E-state index contributed by atoms with van der Waals surface area (Å²) in [5, 5.41) is 6.34. The molecule has 17 heavy (non-hydrogen) atoms. The van der Waals surface area contributed by atoms with E-state index in [-0.39, 0.29) is 6.17 Å². The van der Waals surface area contributed by atoms with Gasteiger partial charge in [0.25, 0.3) is 0 Å². The predicted octanol–water partition coefficient (Wildman–Crippen LogP) is 0.673. The van der Waals surface area contributed by atoms with Gasteiger partial charge in [-0.15, -0.1) is 0 Å². The third-order valence-electron chi connectivity index (χ3n) is 2.96. The number of allylic oxidation sites excluding steroid dienone is 2. The quantitative estimate of drug-likeness (QED) is 0.361. The molecule has 4 nitrogen and oxygen atoms in total. The first-order valence-corrected chi connectivity index (χ1v) is 6.11. The van der Waals surface area contributed by atoms with E-state index in [0.717, 1.165) is 19.5 Å². The van der Waals surface area contributed by atoms with Gasteiger partial charge in [0.05, 0.1) is 6.17 Å². The maximum absolute atomic E-state index is 5.85. The van der Waals surface area contributed by atoms with Crippen LogP contribution < -0.4 is 16.4 Å². The van der Waals surface area contributed by atoms with E-state index in [1.54, 1.807) is 7.05 Å². The van der Waals surface area contributed by atoms with E-state index in [9.17, 15) is 0 Å². The van der Waals surface area contributed by atoms with Crippen LogP contribution in [0.4, 0.5) is 0 Å². The van der Waals surface area contributed by atoms with Crippen molar-refractivity contribution in [2.24, 2.45) is 16.6 Å².